The average molecular weight is 495 g/mol. The van der Waals surface area contributed by atoms with Gasteiger partial charge in [-0.15, -0.1) is 10.2 Å². The number of hydrogen-bond donors (Lipinski definition) is 0. The number of benzene rings is 2. The largest absolute Gasteiger partial charge is 0.497 e. The zero-order valence-electron chi connectivity index (χ0n) is 20.1. The zero-order valence-corrected chi connectivity index (χ0v) is 20.9. The molecular formula is C26H30N4O4S. The van der Waals surface area contributed by atoms with Gasteiger partial charge in [-0.1, -0.05) is 6.07 Å². The van der Waals surface area contributed by atoms with Crippen molar-refractivity contribution in [3.8, 4) is 22.8 Å². The van der Waals surface area contributed by atoms with E-state index in [1.54, 1.807) is 24.6 Å². The van der Waals surface area contributed by atoms with Crippen LogP contribution in [0, 0.1) is 0 Å². The predicted octanol–water partition coefficient (Wildman–Crippen LogP) is 3.55. The minimum atomic E-state index is -3.51. The summed E-state index contributed by atoms with van der Waals surface area (Å²) in [5, 5.41) is 8.82. The van der Waals surface area contributed by atoms with E-state index in [0.29, 0.717) is 48.3 Å². The van der Waals surface area contributed by atoms with Gasteiger partial charge >= 0.3 is 0 Å². The first-order valence-corrected chi connectivity index (χ1v) is 13.4. The molecule has 1 aromatic heterocycles. The van der Waals surface area contributed by atoms with Gasteiger partial charge in [0.15, 0.2) is 5.82 Å². The number of sulfonamides is 1. The lowest BCUT2D eigenvalue weighted by Gasteiger charge is -2.34. The number of aromatic nitrogens is 2. The molecule has 3 aromatic rings. The molecule has 0 N–H and O–H groups in total. The van der Waals surface area contributed by atoms with Crippen molar-refractivity contribution in [3.05, 3.63) is 59.7 Å². The second-order valence-corrected chi connectivity index (χ2v) is 10.8. The highest BCUT2D eigenvalue weighted by atomic mass is 32.2. The second kappa shape index (κ2) is 9.83. The third-order valence-corrected chi connectivity index (χ3v) is 8.75. The first-order valence-electron chi connectivity index (χ1n) is 11.9. The Labute approximate surface area is 206 Å². The van der Waals surface area contributed by atoms with Crippen LogP contribution in [0.25, 0.3) is 11.3 Å². The highest BCUT2D eigenvalue weighted by Crippen LogP contribution is 2.32. The van der Waals surface area contributed by atoms with Crippen molar-refractivity contribution in [2.45, 2.75) is 30.6 Å². The molecule has 2 aromatic carbocycles. The van der Waals surface area contributed by atoms with Gasteiger partial charge < -0.3 is 14.4 Å². The van der Waals surface area contributed by atoms with E-state index in [1.807, 2.05) is 42.5 Å². The van der Waals surface area contributed by atoms with Crippen LogP contribution >= 0.6 is 0 Å². The van der Waals surface area contributed by atoms with Crippen LogP contribution < -0.4 is 14.4 Å². The molecule has 0 unspecified atom stereocenters. The van der Waals surface area contributed by atoms with Crippen LogP contribution in [0.4, 0.5) is 5.82 Å². The molecular weight excluding hydrogens is 464 g/mol. The molecule has 1 aliphatic carbocycles. The summed E-state index contributed by atoms with van der Waals surface area (Å²) in [5.74, 6) is 2.12. The topological polar surface area (TPSA) is 84.9 Å². The molecule has 0 amide bonds. The average Bonchev–Trinajstić information content (AvgIpc) is 2.92. The van der Waals surface area contributed by atoms with Gasteiger partial charge in [-0.2, -0.15) is 4.31 Å². The van der Waals surface area contributed by atoms with Gasteiger partial charge in [0, 0.05) is 31.7 Å². The SMILES string of the molecule is COc1ccc(OC)c(-c2ccc(N3CCN(S(=O)(=O)c4ccc5c(c4)CCCC5)CC3)nn2)c1. The van der Waals surface area contributed by atoms with Crippen LogP contribution in [0.15, 0.2) is 53.4 Å². The molecule has 0 radical (unpaired) electrons. The summed E-state index contributed by atoms with van der Waals surface area (Å²) in [6.45, 7) is 1.93. The summed E-state index contributed by atoms with van der Waals surface area (Å²) in [5.41, 5.74) is 3.94. The van der Waals surface area contributed by atoms with E-state index in [9.17, 15) is 8.42 Å². The monoisotopic (exact) mass is 494 g/mol. The number of methoxy groups -OCH3 is 2. The number of piperazine rings is 1. The van der Waals surface area contributed by atoms with Crippen LogP contribution in [0.3, 0.4) is 0 Å². The molecule has 0 atom stereocenters. The van der Waals surface area contributed by atoms with E-state index < -0.39 is 10.0 Å². The lowest BCUT2D eigenvalue weighted by Crippen LogP contribution is -2.49. The van der Waals surface area contributed by atoms with E-state index in [-0.39, 0.29) is 0 Å². The van der Waals surface area contributed by atoms with E-state index in [2.05, 4.69) is 15.1 Å². The maximum Gasteiger partial charge on any atom is 0.243 e. The number of hydrogen-bond acceptors (Lipinski definition) is 7. The van der Waals surface area contributed by atoms with Crippen molar-refractivity contribution >= 4 is 15.8 Å². The number of rotatable bonds is 6. The number of ether oxygens (including phenoxy) is 2. The number of nitrogens with zero attached hydrogens (tertiary/aromatic N) is 4. The van der Waals surface area contributed by atoms with Crippen LogP contribution in [0.2, 0.25) is 0 Å². The van der Waals surface area contributed by atoms with Crippen molar-refractivity contribution in [3.63, 3.8) is 0 Å². The van der Waals surface area contributed by atoms with Crippen molar-refractivity contribution < 1.29 is 17.9 Å². The molecule has 1 saturated heterocycles. The fourth-order valence-corrected chi connectivity index (χ4v) is 6.30. The summed E-state index contributed by atoms with van der Waals surface area (Å²) in [4.78, 5) is 2.47. The third-order valence-electron chi connectivity index (χ3n) is 6.85. The van der Waals surface area contributed by atoms with E-state index >= 15 is 0 Å². The maximum atomic E-state index is 13.3. The van der Waals surface area contributed by atoms with Crippen molar-refractivity contribution in [1.82, 2.24) is 14.5 Å². The smallest absolute Gasteiger partial charge is 0.243 e. The van der Waals surface area contributed by atoms with Gasteiger partial charge in [0.25, 0.3) is 0 Å². The van der Waals surface area contributed by atoms with Gasteiger partial charge in [-0.3, -0.25) is 0 Å². The Morgan fingerprint density at radius 3 is 2.26 bits per heavy atom. The summed E-state index contributed by atoms with van der Waals surface area (Å²) in [6.07, 6.45) is 4.30. The lowest BCUT2D eigenvalue weighted by molar-refractivity contribution is 0.383. The molecule has 0 spiro atoms. The fraction of sp³-hybridized carbons (Fsp3) is 0.385. The Hall–Kier alpha value is -3.17. The predicted molar refractivity (Wildman–Crippen MR) is 135 cm³/mol. The van der Waals surface area contributed by atoms with Gasteiger partial charge in [0.1, 0.15) is 11.5 Å². The highest BCUT2D eigenvalue weighted by Gasteiger charge is 2.30. The molecule has 2 heterocycles. The van der Waals surface area contributed by atoms with E-state index in [1.165, 1.54) is 17.5 Å². The summed E-state index contributed by atoms with van der Waals surface area (Å²) >= 11 is 0. The fourth-order valence-electron chi connectivity index (χ4n) is 4.83. The quantitative estimate of drug-likeness (QED) is 0.518. The highest BCUT2D eigenvalue weighted by molar-refractivity contribution is 7.89. The van der Waals surface area contributed by atoms with Gasteiger partial charge in [0.2, 0.25) is 10.0 Å². The second-order valence-electron chi connectivity index (χ2n) is 8.87. The number of anilines is 1. The van der Waals surface area contributed by atoms with Gasteiger partial charge in [-0.25, -0.2) is 8.42 Å². The Kier molecular flexibility index (Phi) is 6.62. The van der Waals surface area contributed by atoms with Crippen molar-refractivity contribution in [1.29, 1.82) is 0 Å². The van der Waals surface area contributed by atoms with Crippen LogP contribution in [0.1, 0.15) is 24.0 Å². The Morgan fingerprint density at radius 2 is 1.57 bits per heavy atom. The van der Waals surface area contributed by atoms with Gasteiger partial charge in [0.05, 0.1) is 24.8 Å². The third kappa shape index (κ3) is 4.70. The summed E-state index contributed by atoms with van der Waals surface area (Å²) in [7, 11) is -0.281. The number of fused-ring (bicyclic) bond motifs is 1. The first kappa shape index (κ1) is 23.6. The van der Waals surface area contributed by atoms with Crippen LogP contribution in [0.5, 0.6) is 11.5 Å². The molecule has 35 heavy (non-hydrogen) atoms. The maximum absolute atomic E-state index is 13.3. The first-order chi connectivity index (χ1) is 17.0. The van der Waals surface area contributed by atoms with Crippen LogP contribution in [-0.4, -0.2) is 63.3 Å². The van der Waals surface area contributed by atoms with Crippen molar-refractivity contribution in [2.24, 2.45) is 0 Å². The van der Waals surface area contributed by atoms with Crippen molar-refractivity contribution in [2.75, 3.05) is 45.3 Å². The minimum absolute atomic E-state index is 0.406. The molecule has 9 heteroatoms. The summed E-state index contributed by atoms with van der Waals surface area (Å²) in [6, 6.07) is 15.0. The molecule has 0 bridgehead atoms. The molecule has 0 saturated carbocycles. The zero-order chi connectivity index (χ0) is 24.4. The Bertz CT molecular complexity index is 1300. The molecule has 2 aliphatic rings. The summed E-state index contributed by atoms with van der Waals surface area (Å²) < 4.78 is 38.9. The molecule has 5 rings (SSSR count). The molecule has 184 valence electrons. The van der Waals surface area contributed by atoms with E-state index in [0.717, 1.165) is 30.6 Å². The minimum Gasteiger partial charge on any atom is -0.497 e. The standard InChI is InChI=1S/C26H30N4O4S/c1-33-21-8-11-25(34-2)23(18-21)24-10-12-26(28-27-24)29-13-15-30(16-14-29)35(31,32)22-9-7-19-5-3-4-6-20(19)17-22/h7-12,17-18H,3-6,13-16H2,1-2H3. The number of aryl methyl sites for hydroxylation is 2. The van der Waals surface area contributed by atoms with E-state index in [4.69, 9.17) is 9.47 Å². The van der Waals surface area contributed by atoms with Crippen LogP contribution in [-0.2, 0) is 22.9 Å². The Balaban J connectivity index is 1.28. The lowest BCUT2D eigenvalue weighted by atomic mass is 9.92. The Morgan fingerprint density at radius 1 is 0.800 bits per heavy atom. The normalized spacial score (nSPS) is 16.6. The molecule has 1 fully saturated rings. The molecule has 8 nitrogen and oxygen atoms in total. The molecule has 1 aliphatic heterocycles. The van der Waals surface area contributed by atoms with Gasteiger partial charge in [-0.05, 0) is 79.3 Å².